The lowest BCUT2D eigenvalue weighted by Crippen LogP contribution is -2.45. The molecule has 1 fully saturated rings. The molecular weight excluding hydrogens is 281 g/mol. The number of hydrogen-bond acceptors (Lipinski definition) is 1. The molecule has 1 aliphatic rings. The third-order valence-electron chi connectivity index (χ3n) is 4.02. The van der Waals surface area contributed by atoms with Gasteiger partial charge in [0.25, 0.3) is 0 Å². The highest BCUT2D eigenvalue weighted by Gasteiger charge is 2.43. The Kier molecular flexibility index (Phi) is 3.39. The molecule has 0 radical (unpaired) electrons. The van der Waals surface area contributed by atoms with Gasteiger partial charge in [0.15, 0.2) is 0 Å². The van der Waals surface area contributed by atoms with Gasteiger partial charge in [-0.3, -0.25) is 4.79 Å². The average molecular weight is 296 g/mol. The summed E-state index contributed by atoms with van der Waals surface area (Å²) in [7, 11) is 0. The maximum Gasteiger partial charge on any atom is 0.471 e. The summed E-state index contributed by atoms with van der Waals surface area (Å²) < 4.78 is 37.7. The smallest absolute Gasteiger partial charge is 0.361 e. The lowest BCUT2D eigenvalue weighted by Gasteiger charge is -2.33. The number of nitrogens with one attached hydrogen (secondary N) is 1. The van der Waals surface area contributed by atoms with Crippen LogP contribution in [0.5, 0.6) is 0 Å². The van der Waals surface area contributed by atoms with E-state index in [1.54, 1.807) is 0 Å². The van der Waals surface area contributed by atoms with Crippen molar-refractivity contribution < 1.29 is 18.0 Å². The lowest BCUT2D eigenvalue weighted by atomic mass is 9.88. The van der Waals surface area contributed by atoms with Crippen LogP contribution < -0.4 is 0 Å². The van der Waals surface area contributed by atoms with Gasteiger partial charge in [-0.15, -0.1) is 0 Å². The maximum atomic E-state index is 12.6. The van der Waals surface area contributed by atoms with Crippen molar-refractivity contribution in [2.75, 3.05) is 13.1 Å². The van der Waals surface area contributed by atoms with Crippen LogP contribution in [0.3, 0.4) is 0 Å². The van der Waals surface area contributed by atoms with Crippen LogP contribution in [0.1, 0.15) is 24.3 Å². The number of H-pyrrole nitrogens is 1. The second kappa shape index (κ2) is 5.09. The topological polar surface area (TPSA) is 36.1 Å². The highest BCUT2D eigenvalue weighted by Crippen LogP contribution is 2.33. The Balaban J connectivity index is 1.87. The van der Waals surface area contributed by atoms with E-state index in [1.807, 2.05) is 30.5 Å². The highest BCUT2D eigenvalue weighted by atomic mass is 19.4. The van der Waals surface area contributed by atoms with E-state index in [-0.39, 0.29) is 19.0 Å². The number of aromatic amines is 1. The summed E-state index contributed by atoms with van der Waals surface area (Å²) in [5.41, 5.74) is 1.97. The normalized spacial score (nSPS) is 20.0. The second-order valence-electron chi connectivity index (χ2n) is 5.37. The zero-order chi connectivity index (χ0) is 15.0. The van der Waals surface area contributed by atoms with Crippen LogP contribution in [0.2, 0.25) is 0 Å². The van der Waals surface area contributed by atoms with Crippen molar-refractivity contribution in [3.05, 3.63) is 36.0 Å². The number of carbonyl (C=O) groups excluding carboxylic acids is 1. The van der Waals surface area contributed by atoms with Crippen molar-refractivity contribution in [1.29, 1.82) is 0 Å². The standard InChI is InChI=1S/C15H15F3N2O/c16-15(17,18)14(21)20-8-2-3-10(9-20)11-4-1-5-13-12(11)6-7-19-13/h1,4-7,10,19H,2-3,8-9H2. The van der Waals surface area contributed by atoms with Crippen LogP contribution in [0.15, 0.2) is 30.5 Å². The Morgan fingerprint density at radius 1 is 1.29 bits per heavy atom. The third-order valence-corrected chi connectivity index (χ3v) is 4.02. The quantitative estimate of drug-likeness (QED) is 0.860. The molecule has 0 spiro atoms. The first kappa shape index (κ1) is 14.0. The number of hydrogen-bond donors (Lipinski definition) is 1. The van der Waals surface area contributed by atoms with Gasteiger partial charge in [-0.25, -0.2) is 0 Å². The first-order valence-corrected chi connectivity index (χ1v) is 6.89. The monoisotopic (exact) mass is 296 g/mol. The number of nitrogens with zero attached hydrogens (tertiary/aromatic N) is 1. The molecule has 21 heavy (non-hydrogen) atoms. The largest absolute Gasteiger partial charge is 0.471 e. The number of fused-ring (bicyclic) bond motifs is 1. The minimum Gasteiger partial charge on any atom is -0.361 e. The van der Waals surface area contributed by atoms with Gasteiger partial charge in [0, 0.05) is 36.1 Å². The molecule has 3 nitrogen and oxygen atoms in total. The summed E-state index contributed by atoms with van der Waals surface area (Å²) in [5.74, 6) is -1.78. The molecule has 0 aliphatic carbocycles. The fraction of sp³-hybridized carbons (Fsp3) is 0.400. The zero-order valence-corrected chi connectivity index (χ0v) is 11.3. The molecule has 1 aromatic heterocycles. The number of likely N-dealkylation sites (tertiary alicyclic amines) is 1. The molecule has 1 N–H and O–H groups in total. The molecule has 1 atom stereocenters. The molecule has 2 aromatic rings. The first-order chi connectivity index (χ1) is 9.97. The fourth-order valence-corrected chi connectivity index (χ4v) is 3.06. The molecule has 0 saturated carbocycles. The molecule has 112 valence electrons. The van der Waals surface area contributed by atoms with E-state index < -0.39 is 12.1 Å². The van der Waals surface area contributed by atoms with E-state index in [4.69, 9.17) is 0 Å². The molecular formula is C15H15F3N2O. The number of carbonyl (C=O) groups is 1. The number of halogens is 3. The predicted molar refractivity (Wildman–Crippen MR) is 72.9 cm³/mol. The summed E-state index contributed by atoms with van der Waals surface area (Å²) in [4.78, 5) is 15.4. The van der Waals surface area contributed by atoms with Crippen LogP contribution in [-0.2, 0) is 4.79 Å². The van der Waals surface area contributed by atoms with Crippen LogP contribution in [0.4, 0.5) is 13.2 Å². The Labute approximate surface area is 119 Å². The average Bonchev–Trinajstić information content (AvgIpc) is 2.94. The van der Waals surface area contributed by atoms with Crippen molar-refractivity contribution in [1.82, 2.24) is 9.88 Å². The van der Waals surface area contributed by atoms with E-state index in [9.17, 15) is 18.0 Å². The predicted octanol–water partition coefficient (Wildman–Crippen LogP) is 3.44. The van der Waals surface area contributed by atoms with Crippen LogP contribution in [0, 0.1) is 0 Å². The van der Waals surface area contributed by atoms with Crippen LogP contribution in [-0.4, -0.2) is 35.1 Å². The third kappa shape index (κ3) is 2.62. The van der Waals surface area contributed by atoms with Crippen LogP contribution in [0.25, 0.3) is 10.9 Å². The molecule has 6 heteroatoms. The van der Waals surface area contributed by atoms with E-state index in [0.29, 0.717) is 6.42 Å². The maximum absolute atomic E-state index is 12.6. The van der Waals surface area contributed by atoms with Gasteiger partial charge in [-0.05, 0) is 30.5 Å². The van der Waals surface area contributed by atoms with Gasteiger partial charge < -0.3 is 9.88 Å². The minimum atomic E-state index is -4.79. The summed E-state index contributed by atoms with van der Waals surface area (Å²) in [6, 6.07) is 7.68. The Hall–Kier alpha value is -1.98. The zero-order valence-electron chi connectivity index (χ0n) is 11.3. The fourth-order valence-electron chi connectivity index (χ4n) is 3.06. The van der Waals surface area contributed by atoms with Crippen molar-refractivity contribution in [3.63, 3.8) is 0 Å². The number of piperidine rings is 1. The second-order valence-corrected chi connectivity index (χ2v) is 5.37. The van der Waals surface area contributed by atoms with Gasteiger partial charge in [0.1, 0.15) is 0 Å². The van der Waals surface area contributed by atoms with E-state index in [2.05, 4.69) is 4.98 Å². The molecule has 3 rings (SSSR count). The van der Waals surface area contributed by atoms with Crippen molar-refractivity contribution >= 4 is 16.8 Å². The van der Waals surface area contributed by atoms with E-state index in [0.717, 1.165) is 27.8 Å². The van der Waals surface area contributed by atoms with Gasteiger partial charge in [0.05, 0.1) is 0 Å². The summed E-state index contributed by atoms with van der Waals surface area (Å²) in [5, 5.41) is 1.02. The van der Waals surface area contributed by atoms with Gasteiger partial charge in [-0.2, -0.15) is 13.2 Å². The molecule has 1 amide bonds. The summed E-state index contributed by atoms with van der Waals surface area (Å²) >= 11 is 0. The van der Waals surface area contributed by atoms with Gasteiger partial charge in [-0.1, -0.05) is 12.1 Å². The van der Waals surface area contributed by atoms with Crippen molar-refractivity contribution in [2.24, 2.45) is 0 Å². The van der Waals surface area contributed by atoms with Gasteiger partial charge >= 0.3 is 12.1 Å². The lowest BCUT2D eigenvalue weighted by molar-refractivity contribution is -0.186. The minimum absolute atomic E-state index is 0.0513. The molecule has 1 saturated heterocycles. The highest BCUT2D eigenvalue weighted by molar-refractivity contribution is 5.84. The Morgan fingerprint density at radius 2 is 2.10 bits per heavy atom. The molecule has 1 unspecified atom stereocenters. The number of rotatable bonds is 1. The number of alkyl halides is 3. The van der Waals surface area contributed by atoms with Gasteiger partial charge in [0.2, 0.25) is 0 Å². The number of benzene rings is 1. The van der Waals surface area contributed by atoms with Crippen LogP contribution >= 0.6 is 0 Å². The van der Waals surface area contributed by atoms with E-state index >= 15 is 0 Å². The molecule has 1 aliphatic heterocycles. The molecule has 1 aromatic carbocycles. The Bertz CT molecular complexity index is 662. The first-order valence-electron chi connectivity index (χ1n) is 6.89. The van der Waals surface area contributed by atoms with Crippen molar-refractivity contribution in [3.8, 4) is 0 Å². The molecule has 2 heterocycles. The summed E-state index contributed by atoms with van der Waals surface area (Å²) in [6.07, 6.45) is -1.59. The Morgan fingerprint density at radius 3 is 2.86 bits per heavy atom. The summed E-state index contributed by atoms with van der Waals surface area (Å²) in [6.45, 7) is 0.306. The SMILES string of the molecule is O=C(N1CCCC(c2cccc3[nH]ccc23)C1)C(F)(F)F. The molecule has 0 bridgehead atoms. The van der Waals surface area contributed by atoms with Crippen molar-refractivity contribution in [2.45, 2.75) is 24.9 Å². The van der Waals surface area contributed by atoms with E-state index in [1.165, 1.54) is 0 Å². The number of amides is 1. The number of aromatic nitrogens is 1.